The Morgan fingerprint density at radius 1 is 1.35 bits per heavy atom. The Morgan fingerprint density at radius 2 is 2.06 bits per heavy atom. The smallest absolute Gasteiger partial charge is 0.237 e. The van der Waals surface area contributed by atoms with E-state index in [0.717, 1.165) is 12.1 Å². The van der Waals surface area contributed by atoms with Crippen LogP contribution < -0.4 is 10.2 Å². The van der Waals surface area contributed by atoms with Crippen LogP contribution in [0.3, 0.4) is 0 Å². The number of hydrazine groups is 1. The highest BCUT2D eigenvalue weighted by Crippen LogP contribution is 2.15. The van der Waals surface area contributed by atoms with Crippen LogP contribution in [0.25, 0.3) is 0 Å². The molecule has 94 valence electrons. The highest BCUT2D eigenvalue weighted by molar-refractivity contribution is 5.75. The predicted octanol–water partition coefficient (Wildman–Crippen LogP) is 1.33. The van der Waals surface area contributed by atoms with Gasteiger partial charge in [-0.3, -0.25) is 10.2 Å². The van der Waals surface area contributed by atoms with Crippen molar-refractivity contribution in [2.45, 2.75) is 6.42 Å². The number of carbonyl (C=O) groups is 1. The zero-order chi connectivity index (χ0) is 12.8. The van der Waals surface area contributed by atoms with Gasteiger partial charge in [-0.25, -0.2) is 13.8 Å². The summed E-state index contributed by atoms with van der Waals surface area (Å²) in [5, 5.41) is 1.51. The quantitative estimate of drug-likeness (QED) is 0.794. The van der Waals surface area contributed by atoms with E-state index >= 15 is 0 Å². The van der Waals surface area contributed by atoms with Crippen LogP contribution >= 0.6 is 0 Å². The van der Waals surface area contributed by atoms with Crippen molar-refractivity contribution in [3.05, 3.63) is 29.8 Å². The van der Waals surface area contributed by atoms with Crippen molar-refractivity contribution in [2.75, 3.05) is 20.7 Å². The highest BCUT2D eigenvalue weighted by Gasteiger charge is 2.05. The Morgan fingerprint density at radius 3 is 2.65 bits per heavy atom. The van der Waals surface area contributed by atoms with Crippen LogP contribution in [-0.2, 0) is 4.79 Å². The monoisotopic (exact) mass is 244 g/mol. The van der Waals surface area contributed by atoms with Crippen molar-refractivity contribution >= 4 is 5.91 Å². The summed E-state index contributed by atoms with van der Waals surface area (Å²) >= 11 is 0. The Labute approximate surface area is 98.1 Å². The predicted molar refractivity (Wildman–Crippen MR) is 58.3 cm³/mol. The molecule has 0 aromatic heterocycles. The van der Waals surface area contributed by atoms with Gasteiger partial charge in [-0.15, -0.1) is 0 Å². The van der Waals surface area contributed by atoms with Gasteiger partial charge in [0.2, 0.25) is 5.91 Å². The molecule has 0 unspecified atom stereocenters. The number of nitrogens with one attached hydrogen (secondary N) is 1. The molecule has 1 amide bonds. The average Bonchev–Trinajstić information content (AvgIpc) is 2.22. The van der Waals surface area contributed by atoms with Gasteiger partial charge in [0.25, 0.3) is 0 Å². The normalized spacial score (nSPS) is 10.4. The van der Waals surface area contributed by atoms with E-state index in [1.807, 2.05) is 0 Å². The third kappa shape index (κ3) is 4.78. The second-order valence-corrected chi connectivity index (χ2v) is 3.60. The highest BCUT2D eigenvalue weighted by atomic mass is 19.2. The number of nitrogens with zero attached hydrogens (tertiary/aromatic N) is 1. The van der Waals surface area contributed by atoms with E-state index in [0.29, 0.717) is 0 Å². The fourth-order valence-electron chi connectivity index (χ4n) is 1.13. The van der Waals surface area contributed by atoms with Crippen molar-refractivity contribution < 1.29 is 18.3 Å². The molecule has 0 bridgehead atoms. The fourth-order valence-corrected chi connectivity index (χ4v) is 1.13. The van der Waals surface area contributed by atoms with Gasteiger partial charge < -0.3 is 4.74 Å². The first-order chi connectivity index (χ1) is 7.99. The van der Waals surface area contributed by atoms with Crippen LogP contribution in [0.15, 0.2) is 18.2 Å². The maximum Gasteiger partial charge on any atom is 0.237 e. The van der Waals surface area contributed by atoms with Crippen LogP contribution in [-0.4, -0.2) is 31.6 Å². The van der Waals surface area contributed by atoms with Gasteiger partial charge in [-0.2, -0.15) is 0 Å². The van der Waals surface area contributed by atoms with E-state index in [4.69, 9.17) is 4.74 Å². The number of carbonyl (C=O) groups excluding carboxylic acids is 1. The topological polar surface area (TPSA) is 41.6 Å². The summed E-state index contributed by atoms with van der Waals surface area (Å²) in [6.07, 6.45) is 0.136. The third-order valence-corrected chi connectivity index (χ3v) is 1.84. The summed E-state index contributed by atoms with van der Waals surface area (Å²) in [5.74, 6) is -1.91. The van der Waals surface area contributed by atoms with E-state index in [9.17, 15) is 13.6 Å². The molecule has 0 saturated heterocycles. The molecule has 4 nitrogen and oxygen atoms in total. The SMILES string of the molecule is CN(C)NC(=O)CCOc1ccc(F)c(F)c1. The lowest BCUT2D eigenvalue weighted by atomic mass is 10.3. The number of halogens is 2. The van der Waals surface area contributed by atoms with Gasteiger partial charge in [0.1, 0.15) is 5.75 Å². The molecule has 0 aliphatic rings. The Bertz CT molecular complexity index is 397. The zero-order valence-corrected chi connectivity index (χ0v) is 9.67. The minimum absolute atomic E-state index is 0.102. The molecule has 0 spiro atoms. The van der Waals surface area contributed by atoms with Crippen LogP contribution in [0.1, 0.15) is 6.42 Å². The molecule has 0 fully saturated rings. The summed E-state index contributed by atoms with van der Waals surface area (Å²) in [6, 6.07) is 3.23. The molecule has 0 heterocycles. The Hall–Kier alpha value is -1.69. The lowest BCUT2D eigenvalue weighted by molar-refractivity contribution is -0.125. The average molecular weight is 244 g/mol. The molecular weight excluding hydrogens is 230 g/mol. The maximum absolute atomic E-state index is 12.8. The maximum atomic E-state index is 12.8. The molecule has 1 aromatic rings. The molecule has 0 aliphatic carbocycles. The van der Waals surface area contributed by atoms with Crippen LogP contribution in [0.5, 0.6) is 5.75 Å². The lowest BCUT2D eigenvalue weighted by Crippen LogP contribution is -2.36. The molecule has 0 aliphatic heterocycles. The molecule has 0 saturated carbocycles. The van der Waals surface area contributed by atoms with Crippen LogP contribution in [0.2, 0.25) is 0 Å². The third-order valence-electron chi connectivity index (χ3n) is 1.84. The van der Waals surface area contributed by atoms with Gasteiger partial charge in [-0.05, 0) is 12.1 Å². The minimum atomic E-state index is -0.972. The van der Waals surface area contributed by atoms with E-state index in [1.165, 1.54) is 11.1 Å². The van der Waals surface area contributed by atoms with Crippen molar-refractivity contribution in [3.8, 4) is 5.75 Å². The number of ether oxygens (including phenoxy) is 1. The van der Waals surface area contributed by atoms with Gasteiger partial charge in [0, 0.05) is 20.2 Å². The first-order valence-corrected chi connectivity index (χ1v) is 5.03. The van der Waals surface area contributed by atoms with E-state index < -0.39 is 11.6 Å². The van der Waals surface area contributed by atoms with E-state index in [-0.39, 0.29) is 24.7 Å². The minimum Gasteiger partial charge on any atom is -0.493 e. The van der Waals surface area contributed by atoms with Gasteiger partial charge in [0.05, 0.1) is 13.0 Å². The van der Waals surface area contributed by atoms with Gasteiger partial charge in [0.15, 0.2) is 11.6 Å². The fraction of sp³-hybridized carbons (Fsp3) is 0.364. The van der Waals surface area contributed by atoms with Crippen LogP contribution in [0.4, 0.5) is 8.78 Å². The van der Waals surface area contributed by atoms with Crippen molar-refractivity contribution in [1.82, 2.24) is 10.4 Å². The van der Waals surface area contributed by atoms with Crippen molar-refractivity contribution in [2.24, 2.45) is 0 Å². The number of amides is 1. The summed E-state index contributed by atoms with van der Waals surface area (Å²) in [6.45, 7) is 0.102. The van der Waals surface area contributed by atoms with Crippen molar-refractivity contribution in [1.29, 1.82) is 0 Å². The number of hydrogen-bond donors (Lipinski definition) is 1. The molecule has 0 atom stereocenters. The summed E-state index contributed by atoms with van der Waals surface area (Å²) < 4.78 is 30.5. The Balaban J connectivity index is 2.36. The van der Waals surface area contributed by atoms with Gasteiger partial charge >= 0.3 is 0 Å². The van der Waals surface area contributed by atoms with E-state index in [2.05, 4.69) is 5.43 Å². The van der Waals surface area contributed by atoms with Crippen LogP contribution in [0, 0.1) is 11.6 Å². The molecule has 0 radical (unpaired) electrons. The summed E-state index contributed by atoms with van der Waals surface area (Å²) in [4.78, 5) is 11.2. The number of hydrogen-bond acceptors (Lipinski definition) is 3. The Kier molecular flexibility index (Phi) is 4.84. The van der Waals surface area contributed by atoms with Crippen molar-refractivity contribution in [3.63, 3.8) is 0 Å². The molecule has 1 N–H and O–H groups in total. The first-order valence-electron chi connectivity index (χ1n) is 5.03. The standard InChI is InChI=1S/C11H14F2N2O2/c1-15(2)14-11(16)5-6-17-8-3-4-9(12)10(13)7-8/h3-4,7H,5-6H2,1-2H3,(H,14,16). The van der Waals surface area contributed by atoms with Gasteiger partial charge in [-0.1, -0.05) is 0 Å². The summed E-state index contributed by atoms with van der Waals surface area (Å²) in [5.41, 5.74) is 2.53. The zero-order valence-electron chi connectivity index (χ0n) is 9.67. The lowest BCUT2D eigenvalue weighted by Gasteiger charge is -2.12. The molecule has 17 heavy (non-hydrogen) atoms. The molecule has 1 aromatic carbocycles. The molecule has 6 heteroatoms. The molecular formula is C11H14F2N2O2. The second kappa shape index (κ2) is 6.15. The largest absolute Gasteiger partial charge is 0.493 e. The second-order valence-electron chi connectivity index (χ2n) is 3.60. The molecule has 1 rings (SSSR count). The van der Waals surface area contributed by atoms with E-state index in [1.54, 1.807) is 14.1 Å². The summed E-state index contributed by atoms with van der Waals surface area (Å²) in [7, 11) is 3.38. The first kappa shape index (κ1) is 13.4. The number of benzene rings is 1. The number of rotatable bonds is 5.